The molecule has 112 valence electrons. The Morgan fingerprint density at radius 1 is 1.32 bits per heavy atom. The number of carbonyl (C=O) groups is 1. The summed E-state index contributed by atoms with van der Waals surface area (Å²) in [5.41, 5.74) is 1.57. The van der Waals surface area contributed by atoms with Crippen LogP contribution < -0.4 is 10.9 Å². The Balaban J connectivity index is 2.23. The van der Waals surface area contributed by atoms with E-state index < -0.39 is 6.04 Å². The van der Waals surface area contributed by atoms with Crippen LogP contribution in [-0.4, -0.2) is 10.5 Å². The number of hydrogen-bond acceptors (Lipinski definition) is 3. The Kier molecular flexibility index (Phi) is 4.74. The van der Waals surface area contributed by atoms with Gasteiger partial charge in [0.05, 0.1) is 11.6 Å². The average Bonchev–Trinajstić information content (AvgIpc) is 2.53. The van der Waals surface area contributed by atoms with Crippen LogP contribution in [0.2, 0.25) is 0 Å². The monoisotopic (exact) mass is 295 g/mol. The van der Waals surface area contributed by atoms with Crippen molar-refractivity contribution in [2.75, 3.05) is 5.32 Å². The second-order valence-electron chi connectivity index (χ2n) is 5.01. The number of nitrogens with zero attached hydrogens (tertiary/aromatic N) is 2. The number of pyridine rings is 1. The molecular weight excluding hydrogens is 278 g/mol. The summed E-state index contributed by atoms with van der Waals surface area (Å²) in [5, 5.41) is 11.5. The SMILES string of the molecule is CCC(C(=O)Nc1ccc(C#N)cc1)n1cccc(C)c1=O. The van der Waals surface area contributed by atoms with Crippen LogP contribution in [0.5, 0.6) is 0 Å². The Hall–Kier alpha value is -2.87. The minimum Gasteiger partial charge on any atom is -0.324 e. The number of amides is 1. The van der Waals surface area contributed by atoms with Crippen LogP contribution in [0.1, 0.15) is 30.5 Å². The second kappa shape index (κ2) is 6.72. The topological polar surface area (TPSA) is 74.9 Å². The lowest BCUT2D eigenvalue weighted by molar-refractivity contribution is -0.119. The van der Waals surface area contributed by atoms with Crippen molar-refractivity contribution in [1.29, 1.82) is 5.26 Å². The van der Waals surface area contributed by atoms with Gasteiger partial charge in [-0.3, -0.25) is 9.59 Å². The van der Waals surface area contributed by atoms with Gasteiger partial charge < -0.3 is 9.88 Å². The normalized spacial score (nSPS) is 11.5. The summed E-state index contributed by atoms with van der Waals surface area (Å²) in [4.78, 5) is 24.6. The van der Waals surface area contributed by atoms with Gasteiger partial charge in [-0.2, -0.15) is 5.26 Å². The van der Waals surface area contributed by atoms with E-state index in [0.29, 0.717) is 23.2 Å². The third-order valence-electron chi connectivity index (χ3n) is 3.47. The van der Waals surface area contributed by atoms with Gasteiger partial charge >= 0.3 is 0 Å². The summed E-state index contributed by atoms with van der Waals surface area (Å²) in [6.45, 7) is 3.59. The van der Waals surface area contributed by atoms with E-state index in [1.807, 2.05) is 13.0 Å². The van der Waals surface area contributed by atoms with Gasteiger partial charge in [0, 0.05) is 17.4 Å². The molecule has 1 unspecified atom stereocenters. The highest BCUT2D eigenvalue weighted by Gasteiger charge is 2.19. The minimum absolute atomic E-state index is 0.163. The highest BCUT2D eigenvalue weighted by molar-refractivity contribution is 5.93. The maximum absolute atomic E-state index is 12.4. The van der Waals surface area contributed by atoms with Crippen LogP contribution in [0.25, 0.3) is 0 Å². The first-order valence-electron chi connectivity index (χ1n) is 7.05. The van der Waals surface area contributed by atoms with Gasteiger partial charge in [-0.15, -0.1) is 0 Å². The average molecular weight is 295 g/mol. The molecule has 2 rings (SSSR count). The molecule has 0 spiro atoms. The molecule has 1 aromatic carbocycles. The van der Waals surface area contributed by atoms with Crippen molar-refractivity contribution in [3.63, 3.8) is 0 Å². The molecule has 5 nitrogen and oxygen atoms in total. The van der Waals surface area contributed by atoms with Crippen LogP contribution in [0.4, 0.5) is 5.69 Å². The first-order valence-corrected chi connectivity index (χ1v) is 7.05. The molecule has 5 heteroatoms. The number of nitriles is 1. The van der Waals surface area contributed by atoms with Gasteiger partial charge in [0.25, 0.3) is 5.56 Å². The predicted molar refractivity (Wildman–Crippen MR) is 84.6 cm³/mol. The van der Waals surface area contributed by atoms with Gasteiger partial charge in [0.2, 0.25) is 5.91 Å². The largest absolute Gasteiger partial charge is 0.324 e. The van der Waals surface area contributed by atoms with Crippen molar-refractivity contribution >= 4 is 11.6 Å². The third kappa shape index (κ3) is 3.23. The van der Waals surface area contributed by atoms with Gasteiger partial charge in [-0.1, -0.05) is 13.0 Å². The minimum atomic E-state index is -0.567. The van der Waals surface area contributed by atoms with Crippen molar-refractivity contribution in [3.05, 3.63) is 64.1 Å². The van der Waals surface area contributed by atoms with Crippen molar-refractivity contribution in [3.8, 4) is 6.07 Å². The third-order valence-corrected chi connectivity index (χ3v) is 3.47. The predicted octanol–water partition coefficient (Wildman–Crippen LogP) is 2.62. The number of anilines is 1. The van der Waals surface area contributed by atoms with E-state index in [1.54, 1.807) is 49.5 Å². The van der Waals surface area contributed by atoms with Crippen molar-refractivity contribution in [1.82, 2.24) is 4.57 Å². The van der Waals surface area contributed by atoms with Gasteiger partial charge in [-0.05, 0) is 43.7 Å². The number of nitrogens with one attached hydrogen (secondary N) is 1. The van der Waals surface area contributed by atoms with E-state index in [4.69, 9.17) is 5.26 Å². The Morgan fingerprint density at radius 3 is 2.59 bits per heavy atom. The zero-order valence-corrected chi connectivity index (χ0v) is 12.5. The van der Waals surface area contributed by atoms with E-state index in [2.05, 4.69) is 5.32 Å². The lowest BCUT2D eigenvalue weighted by Crippen LogP contribution is -2.33. The zero-order valence-electron chi connectivity index (χ0n) is 12.5. The summed E-state index contributed by atoms with van der Waals surface area (Å²) >= 11 is 0. The lowest BCUT2D eigenvalue weighted by atomic mass is 10.1. The molecule has 1 aromatic heterocycles. The van der Waals surface area contributed by atoms with Crippen molar-refractivity contribution < 1.29 is 4.79 Å². The molecule has 1 N–H and O–H groups in total. The fourth-order valence-corrected chi connectivity index (χ4v) is 2.23. The Labute approximate surface area is 128 Å². The molecule has 0 aliphatic rings. The number of benzene rings is 1. The molecule has 2 aromatic rings. The van der Waals surface area contributed by atoms with Gasteiger partial charge in [-0.25, -0.2) is 0 Å². The highest BCUT2D eigenvalue weighted by atomic mass is 16.2. The number of rotatable bonds is 4. The number of aryl methyl sites for hydroxylation is 1. The lowest BCUT2D eigenvalue weighted by Gasteiger charge is -2.18. The second-order valence-corrected chi connectivity index (χ2v) is 5.01. The smallest absolute Gasteiger partial charge is 0.254 e. The molecule has 1 heterocycles. The van der Waals surface area contributed by atoms with Crippen LogP contribution in [-0.2, 0) is 4.79 Å². The van der Waals surface area contributed by atoms with E-state index >= 15 is 0 Å². The van der Waals surface area contributed by atoms with E-state index in [9.17, 15) is 9.59 Å². The van der Waals surface area contributed by atoms with Crippen LogP contribution in [0, 0.1) is 18.3 Å². The Morgan fingerprint density at radius 2 is 2.00 bits per heavy atom. The summed E-state index contributed by atoms with van der Waals surface area (Å²) in [6, 6.07) is 11.5. The summed E-state index contributed by atoms with van der Waals surface area (Å²) < 4.78 is 1.45. The zero-order chi connectivity index (χ0) is 16.1. The van der Waals surface area contributed by atoms with E-state index in [-0.39, 0.29) is 11.5 Å². The maximum atomic E-state index is 12.4. The molecule has 0 fully saturated rings. The van der Waals surface area contributed by atoms with Crippen LogP contribution in [0.3, 0.4) is 0 Å². The molecule has 1 atom stereocenters. The molecule has 0 saturated heterocycles. The molecule has 0 aliphatic heterocycles. The molecule has 22 heavy (non-hydrogen) atoms. The fourth-order valence-electron chi connectivity index (χ4n) is 2.23. The van der Waals surface area contributed by atoms with Gasteiger partial charge in [0.15, 0.2) is 0 Å². The van der Waals surface area contributed by atoms with E-state index in [1.165, 1.54) is 4.57 Å². The Bertz CT molecular complexity index is 770. The summed E-state index contributed by atoms with van der Waals surface area (Å²) in [7, 11) is 0. The number of hydrogen-bond donors (Lipinski definition) is 1. The first kappa shape index (κ1) is 15.5. The molecule has 0 radical (unpaired) electrons. The quantitative estimate of drug-likeness (QED) is 0.942. The first-order chi connectivity index (χ1) is 10.6. The standard InChI is InChI=1S/C17H17N3O2/c1-3-15(20-10-4-5-12(2)17(20)22)16(21)19-14-8-6-13(11-18)7-9-14/h4-10,15H,3H2,1-2H3,(H,19,21). The number of carbonyl (C=O) groups excluding carboxylic acids is 1. The molecule has 0 bridgehead atoms. The molecule has 1 amide bonds. The number of aromatic nitrogens is 1. The highest BCUT2D eigenvalue weighted by Crippen LogP contribution is 2.15. The van der Waals surface area contributed by atoms with Crippen molar-refractivity contribution in [2.24, 2.45) is 0 Å². The summed E-state index contributed by atoms with van der Waals surface area (Å²) in [5.74, 6) is -0.250. The molecule has 0 saturated carbocycles. The summed E-state index contributed by atoms with van der Waals surface area (Å²) in [6.07, 6.45) is 2.13. The van der Waals surface area contributed by atoms with Gasteiger partial charge in [0.1, 0.15) is 6.04 Å². The molecular formula is C17H17N3O2. The molecule has 0 aliphatic carbocycles. The maximum Gasteiger partial charge on any atom is 0.254 e. The van der Waals surface area contributed by atoms with Crippen LogP contribution in [0.15, 0.2) is 47.4 Å². The van der Waals surface area contributed by atoms with Crippen molar-refractivity contribution in [2.45, 2.75) is 26.3 Å². The van der Waals surface area contributed by atoms with Crippen LogP contribution >= 0.6 is 0 Å². The van der Waals surface area contributed by atoms with E-state index in [0.717, 1.165) is 0 Å². The fraction of sp³-hybridized carbons (Fsp3) is 0.235.